The predicted molar refractivity (Wildman–Crippen MR) is 112 cm³/mol. The first kappa shape index (κ1) is 20.2. The van der Waals surface area contributed by atoms with E-state index in [1.807, 2.05) is 11.0 Å². The third-order valence-corrected chi connectivity index (χ3v) is 6.90. The molecular weight excluding hydrogens is 364 g/mol. The van der Waals surface area contributed by atoms with E-state index in [-0.39, 0.29) is 5.91 Å². The van der Waals surface area contributed by atoms with E-state index in [9.17, 15) is 4.79 Å². The summed E-state index contributed by atoms with van der Waals surface area (Å²) in [4.78, 5) is 14.8. The molecule has 3 heterocycles. The molecule has 4 rings (SSSR count). The molecule has 0 bridgehead atoms. The maximum atomic E-state index is 12.8. The van der Waals surface area contributed by atoms with Crippen molar-refractivity contribution >= 4 is 5.91 Å². The summed E-state index contributed by atoms with van der Waals surface area (Å²) in [7, 11) is 0. The number of aromatic nitrogens is 3. The van der Waals surface area contributed by atoms with Crippen LogP contribution in [0.15, 0.2) is 10.6 Å². The van der Waals surface area contributed by atoms with E-state index in [1.54, 1.807) is 0 Å². The number of hydrogen-bond acceptors (Lipinski definition) is 4. The number of aromatic amines is 1. The number of carbonyl (C=O) groups excluding carboxylic acids is 1. The van der Waals surface area contributed by atoms with Crippen LogP contribution in [0, 0.1) is 11.3 Å². The lowest BCUT2D eigenvalue weighted by Gasteiger charge is -2.34. The van der Waals surface area contributed by atoms with E-state index >= 15 is 0 Å². The fraction of sp³-hybridized carbons (Fsp3) is 0.696. The van der Waals surface area contributed by atoms with Gasteiger partial charge in [0.2, 0.25) is 0 Å². The minimum Gasteiger partial charge on any atom is -0.361 e. The van der Waals surface area contributed by atoms with E-state index in [2.05, 4.69) is 50.0 Å². The highest BCUT2D eigenvalue weighted by molar-refractivity contribution is 5.92. The molecule has 2 aromatic heterocycles. The summed E-state index contributed by atoms with van der Waals surface area (Å²) < 4.78 is 5.86. The summed E-state index contributed by atoms with van der Waals surface area (Å²) in [5.74, 6) is 2.48. The third kappa shape index (κ3) is 3.99. The summed E-state index contributed by atoms with van der Waals surface area (Å²) in [5.41, 5.74) is 4.36. The van der Waals surface area contributed by atoms with Gasteiger partial charge in [0.25, 0.3) is 5.91 Å². The second-order valence-corrected chi connectivity index (χ2v) is 10.2. The van der Waals surface area contributed by atoms with Crippen molar-refractivity contribution in [1.82, 2.24) is 20.3 Å². The Bertz CT molecular complexity index is 866. The van der Waals surface area contributed by atoms with Crippen LogP contribution in [0.1, 0.15) is 98.9 Å². The number of likely N-dealkylation sites (tertiary alicyclic amines) is 1. The van der Waals surface area contributed by atoms with Crippen molar-refractivity contribution in [3.05, 3.63) is 34.5 Å². The molecule has 0 saturated carbocycles. The van der Waals surface area contributed by atoms with E-state index in [0.29, 0.717) is 28.9 Å². The minimum atomic E-state index is 0.0268. The number of H-pyrrole nitrogens is 1. The monoisotopic (exact) mass is 398 g/mol. The number of fused-ring (bicyclic) bond motifs is 1. The molecule has 0 aromatic carbocycles. The lowest BCUT2D eigenvalue weighted by molar-refractivity contribution is 0.0699. The molecule has 6 heteroatoms. The molecule has 0 spiro atoms. The van der Waals surface area contributed by atoms with Crippen LogP contribution in [0.3, 0.4) is 0 Å². The standard InChI is InChI=1S/C23H34N4O2/c1-14(2)19-13-20(25-24-19)22(28)27-10-8-15(9-11-27)21-17-12-16(23(3,4)5)6-7-18(17)26-29-21/h13-16H,6-12H2,1-5H3,(H,24,25). The van der Waals surface area contributed by atoms with Gasteiger partial charge in [0.15, 0.2) is 0 Å². The van der Waals surface area contributed by atoms with Crippen molar-refractivity contribution in [2.24, 2.45) is 11.3 Å². The average Bonchev–Trinajstić information content (AvgIpc) is 3.34. The van der Waals surface area contributed by atoms with Gasteiger partial charge < -0.3 is 9.42 Å². The summed E-state index contributed by atoms with van der Waals surface area (Å²) >= 11 is 0. The minimum absolute atomic E-state index is 0.0268. The summed E-state index contributed by atoms with van der Waals surface area (Å²) in [6, 6.07) is 1.89. The van der Waals surface area contributed by atoms with E-state index in [4.69, 9.17) is 4.52 Å². The molecular formula is C23H34N4O2. The Morgan fingerprint density at radius 1 is 1.24 bits per heavy atom. The van der Waals surface area contributed by atoms with Crippen molar-refractivity contribution in [3.63, 3.8) is 0 Å². The number of piperidine rings is 1. The van der Waals surface area contributed by atoms with Crippen LogP contribution in [0.25, 0.3) is 0 Å². The number of hydrogen-bond donors (Lipinski definition) is 1. The molecule has 1 aliphatic heterocycles. The fourth-order valence-corrected chi connectivity index (χ4v) is 4.74. The normalized spacial score (nSPS) is 20.9. The lowest BCUT2D eigenvalue weighted by atomic mass is 9.71. The first-order valence-corrected chi connectivity index (χ1v) is 11.1. The molecule has 1 saturated heterocycles. The van der Waals surface area contributed by atoms with Crippen LogP contribution in [-0.2, 0) is 12.8 Å². The van der Waals surface area contributed by atoms with E-state index in [1.165, 1.54) is 12.0 Å². The molecule has 1 fully saturated rings. The van der Waals surface area contributed by atoms with E-state index < -0.39 is 0 Å². The van der Waals surface area contributed by atoms with Crippen LogP contribution in [-0.4, -0.2) is 39.3 Å². The quantitative estimate of drug-likeness (QED) is 0.814. The third-order valence-electron chi connectivity index (χ3n) is 6.90. The lowest BCUT2D eigenvalue weighted by Crippen LogP contribution is -2.38. The van der Waals surface area contributed by atoms with Crippen molar-refractivity contribution in [3.8, 4) is 0 Å². The summed E-state index contributed by atoms with van der Waals surface area (Å²) in [5, 5.41) is 11.6. The fourth-order valence-electron chi connectivity index (χ4n) is 4.74. The van der Waals surface area contributed by atoms with Gasteiger partial charge in [0.1, 0.15) is 11.5 Å². The maximum Gasteiger partial charge on any atom is 0.274 e. The predicted octanol–water partition coefficient (Wildman–Crippen LogP) is 4.69. The van der Waals surface area contributed by atoms with Gasteiger partial charge in [0, 0.05) is 30.3 Å². The van der Waals surface area contributed by atoms with Crippen LogP contribution in [0.4, 0.5) is 0 Å². The van der Waals surface area contributed by atoms with E-state index in [0.717, 1.165) is 55.9 Å². The number of nitrogens with zero attached hydrogens (tertiary/aromatic N) is 3. The first-order chi connectivity index (χ1) is 13.7. The highest BCUT2D eigenvalue weighted by Crippen LogP contribution is 2.41. The first-order valence-electron chi connectivity index (χ1n) is 11.1. The second-order valence-electron chi connectivity index (χ2n) is 10.2. The van der Waals surface area contributed by atoms with Gasteiger partial charge in [-0.15, -0.1) is 0 Å². The largest absolute Gasteiger partial charge is 0.361 e. The topological polar surface area (TPSA) is 75.0 Å². The molecule has 1 atom stereocenters. The Kier molecular flexibility index (Phi) is 5.30. The number of aryl methyl sites for hydroxylation is 1. The molecule has 1 amide bonds. The zero-order valence-corrected chi connectivity index (χ0v) is 18.4. The highest BCUT2D eigenvalue weighted by atomic mass is 16.5. The summed E-state index contributed by atoms with van der Waals surface area (Å²) in [6.07, 6.45) is 5.14. The van der Waals surface area contributed by atoms with Crippen LogP contribution in [0.5, 0.6) is 0 Å². The Morgan fingerprint density at radius 3 is 2.59 bits per heavy atom. The SMILES string of the molecule is CC(C)c1cc(C(=O)N2CCC(c3onc4c3CC(C(C)(C)C)CC4)CC2)n[nH]1. The number of rotatable bonds is 3. The van der Waals surface area contributed by atoms with Crippen LogP contribution >= 0.6 is 0 Å². The molecule has 1 aliphatic carbocycles. The van der Waals surface area contributed by atoms with Crippen molar-refractivity contribution in [2.75, 3.05) is 13.1 Å². The van der Waals surface area contributed by atoms with Gasteiger partial charge in [-0.05, 0) is 55.4 Å². The van der Waals surface area contributed by atoms with Gasteiger partial charge >= 0.3 is 0 Å². The Labute approximate surface area is 173 Å². The molecule has 2 aliphatic rings. The van der Waals surface area contributed by atoms with Gasteiger partial charge in [-0.25, -0.2) is 0 Å². The molecule has 29 heavy (non-hydrogen) atoms. The molecule has 0 radical (unpaired) electrons. The number of nitrogens with one attached hydrogen (secondary N) is 1. The van der Waals surface area contributed by atoms with Crippen molar-refractivity contribution in [1.29, 1.82) is 0 Å². The molecule has 1 unspecified atom stereocenters. The Morgan fingerprint density at radius 2 is 1.97 bits per heavy atom. The van der Waals surface area contributed by atoms with Gasteiger partial charge in [-0.1, -0.05) is 39.8 Å². The second kappa shape index (κ2) is 7.62. The van der Waals surface area contributed by atoms with Crippen molar-refractivity contribution in [2.45, 2.75) is 78.6 Å². The van der Waals surface area contributed by atoms with Gasteiger partial charge in [-0.3, -0.25) is 9.89 Å². The molecule has 2 aromatic rings. The summed E-state index contributed by atoms with van der Waals surface area (Å²) in [6.45, 7) is 12.7. The maximum absolute atomic E-state index is 12.8. The molecule has 6 nitrogen and oxygen atoms in total. The Hall–Kier alpha value is -2.11. The van der Waals surface area contributed by atoms with Gasteiger partial charge in [0.05, 0.1) is 5.69 Å². The van der Waals surface area contributed by atoms with Crippen LogP contribution < -0.4 is 0 Å². The number of amides is 1. The highest BCUT2D eigenvalue weighted by Gasteiger charge is 2.36. The number of carbonyl (C=O) groups is 1. The van der Waals surface area contributed by atoms with Gasteiger partial charge in [-0.2, -0.15) is 5.10 Å². The Balaban J connectivity index is 1.42. The van der Waals surface area contributed by atoms with Crippen molar-refractivity contribution < 1.29 is 9.32 Å². The molecule has 158 valence electrons. The smallest absolute Gasteiger partial charge is 0.274 e. The molecule has 1 N–H and O–H groups in total. The van der Waals surface area contributed by atoms with Crippen LogP contribution in [0.2, 0.25) is 0 Å². The zero-order chi connectivity index (χ0) is 20.8. The average molecular weight is 399 g/mol. The zero-order valence-electron chi connectivity index (χ0n) is 18.4.